The molecule has 1 aromatic carbocycles. The molecule has 3 aliphatic heterocycles. The number of nitrogens with one attached hydrogen (secondary N) is 1. The number of amides is 2. The minimum Gasteiger partial charge on any atom is -0.493 e. The first-order chi connectivity index (χ1) is 16.1. The molecule has 2 amide bonds. The summed E-state index contributed by atoms with van der Waals surface area (Å²) >= 11 is 0. The topological polar surface area (TPSA) is 74.8 Å². The van der Waals surface area contributed by atoms with Gasteiger partial charge >= 0.3 is 0 Å². The number of carbonyl (C=O) groups excluding carboxylic acids is 2. The van der Waals surface area contributed by atoms with Crippen LogP contribution in [-0.2, 0) is 11.2 Å². The highest BCUT2D eigenvalue weighted by atomic mass is 16.5. The number of benzene rings is 1. The van der Waals surface area contributed by atoms with E-state index < -0.39 is 6.04 Å². The van der Waals surface area contributed by atoms with E-state index >= 15 is 0 Å². The van der Waals surface area contributed by atoms with Gasteiger partial charge in [0.25, 0.3) is 5.91 Å². The molecule has 0 aliphatic carbocycles. The van der Waals surface area contributed by atoms with Crippen molar-refractivity contribution in [2.75, 3.05) is 36.5 Å². The number of aromatic nitrogens is 1. The third-order valence-electron chi connectivity index (χ3n) is 7.13. The van der Waals surface area contributed by atoms with Gasteiger partial charge in [-0.15, -0.1) is 0 Å². The first-order valence-corrected chi connectivity index (χ1v) is 12.2. The van der Waals surface area contributed by atoms with Crippen LogP contribution in [0.1, 0.15) is 54.9 Å². The molecular weight excluding hydrogens is 416 g/mol. The van der Waals surface area contributed by atoms with Gasteiger partial charge in [-0.25, -0.2) is 4.98 Å². The van der Waals surface area contributed by atoms with Gasteiger partial charge < -0.3 is 19.9 Å². The largest absolute Gasteiger partial charge is 0.493 e. The molecule has 1 N–H and O–H groups in total. The van der Waals surface area contributed by atoms with Gasteiger partial charge in [0.2, 0.25) is 5.91 Å². The van der Waals surface area contributed by atoms with Crippen LogP contribution >= 0.6 is 0 Å². The SMILES string of the molecule is CC1CCN(c2ccc(C(=O)N3CCCCC3C(=O)Nc3ccc4c(c3)CCO4)cn2)CC1. The molecule has 7 heteroatoms. The van der Waals surface area contributed by atoms with Crippen LogP contribution < -0.4 is 15.0 Å². The lowest BCUT2D eigenvalue weighted by atomic mass is 9.99. The van der Waals surface area contributed by atoms with Gasteiger partial charge in [-0.1, -0.05) is 6.92 Å². The summed E-state index contributed by atoms with van der Waals surface area (Å²) in [5.74, 6) is 2.32. The number of hydrogen-bond donors (Lipinski definition) is 1. The van der Waals surface area contributed by atoms with E-state index in [9.17, 15) is 9.59 Å². The lowest BCUT2D eigenvalue weighted by Crippen LogP contribution is -2.50. The second-order valence-electron chi connectivity index (χ2n) is 9.49. The Kier molecular flexibility index (Phi) is 6.20. The number of fused-ring (bicyclic) bond motifs is 1. The van der Waals surface area contributed by atoms with E-state index in [2.05, 4.69) is 22.1 Å². The van der Waals surface area contributed by atoms with Gasteiger partial charge in [-0.05, 0) is 73.9 Å². The molecule has 1 atom stereocenters. The highest BCUT2D eigenvalue weighted by Gasteiger charge is 2.33. The lowest BCUT2D eigenvalue weighted by molar-refractivity contribution is -0.121. The van der Waals surface area contributed by atoms with Crippen LogP contribution in [0.25, 0.3) is 0 Å². The maximum Gasteiger partial charge on any atom is 0.256 e. The molecule has 2 aromatic rings. The third kappa shape index (κ3) is 4.68. The Morgan fingerprint density at radius 2 is 1.91 bits per heavy atom. The van der Waals surface area contributed by atoms with Crippen molar-refractivity contribution in [2.24, 2.45) is 5.92 Å². The predicted molar refractivity (Wildman–Crippen MR) is 128 cm³/mol. The highest BCUT2D eigenvalue weighted by molar-refractivity contribution is 6.01. The quantitative estimate of drug-likeness (QED) is 0.768. The van der Waals surface area contributed by atoms with Gasteiger partial charge in [0.1, 0.15) is 17.6 Å². The molecule has 1 aromatic heterocycles. The van der Waals surface area contributed by atoms with E-state index in [0.717, 1.165) is 61.1 Å². The lowest BCUT2D eigenvalue weighted by Gasteiger charge is -2.35. The fourth-order valence-corrected chi connectivity index (χ4v) is 5.04. The van der Waals surface area contributed by atoms with Crippen LogP contribution in [0.5, 0.6) is 5.75 Å². The van der Waals surface area contributed by atoms with Crippen molar-refractivity contribution >= 4 is 23.3 Å². The van der Waals surface area contributed by atoms with E-state index in [1.54, 1.807) is 11.1 Å². The molecule has 2 fully saturated rings. The van der Waals surface area contributed by atoms with E-state index in [1.165, 1.54) is 12.8 Å². The van der Waals surface area contributed by atoms with Crippen LogP contribution in [0.4, 0.5) is 11.5 Å². The maximum absolute atomic E-state index is 13.3. The maximum atomic E-state index is 13.3. The van der Waals surface area contributed by atoms with Crippen molar-refractivity contribution in [3.63, 3.8) is 0 Å². The Labute approximate surface area is 195 Å². The molecule has 7 nitrogen and oxygen atoms in total. The summed E-state index contributed by atoms with van der Waals surface area (Å²) in [5, 5.41) is 3.02. The zero-order valence-electron chi connectivity index (χ0n) is 19.3. The van der Waals surface area contributed by atoms with E-state index in [-0.39, 0.29) is 11.8 Å². The van der Waals surface area contributed by atoms with Gasteiger partial charge in [-0.2, -0.15) is 0 Å². The Morgan fingerprint density at radius 3 is 2.70 bits per heavy atom. The van der Waals surface area contributed by atoms with Crippen molar-refractivity contribution in [2.45, 2.75) is 51.5 Å². The van der Waals surface area contributed by atoms with Crippen LogP contribution in [0, 0.1) is 5.92 Å². The van der Waals surface area contributed by atoms with Crippen LogP contribution in [0.3, 0.4) is 0 Å². The van der Waals surface area contributed by atoms with E-state index in [0.29, 0.717) is 25.1 Å². The highest BCUT2D eigenvalue weighted by Crippen LogP contribution is 2.29. The number of ether oxygens (including phenoxy) is 1. The Bertz CT molecular complexity index is 1010. The number of hydrogen-bond acceptors (Lipinski definition) is 5. The zero-order chi connectivity index (χ0) is 22.8. The molecule has 0 bridgehead atoms. The average Bonchev–Trinajstić information content (AvgIpc) is 3.32. The van der Waals surface area contributed by atoms with Gasteiger partial charge in [-0.3, -0.25) is 9.59 Å². The number of piperidine rings is 2. The molecular formula is C26H32N4O3. The Morgan fingerprint density at radius 1 is 1.06 bits per heavy atom. The molecule has 4 heterocycles. The summed E-state index contributed by atoms with van der Waals surface area (Å²) in [6.45, 7) is 5.56. The van der Waals surface area contributed by atoms with Crippen molar-refractivity contribution in [3.8, 4) is 5.75 Å². The van der Waals surface area contributed by atoms with E-state index in [1.807, 2.05) is 30.3 Å². The second-order valence-corrected chi connectivity index (χ2v) is 9.49. The molecule has 3 aliphatic rings. The van der Waals surface area contributed by atoms with Gasteiger partial charge in [0.15, 0.2) is 0 Å². The number of carbonyl (C=O) groups is 2. The molecule has 33 heavy (non-hydrogen) atoms. The zero-order valence-corrected chi connectivity index (χ0v) is 19.3. The minimum absolute atomic E-state index is 0.122. The summed E-state index contributed by atoms with van der Waals surface area (Å²) in [6, 6.07) is 9.05. The molecule has 174 valence electrons. The third-order valence-corrected chi connectivity index (χ3v) is 7.13. The van der Waals surface area contributed by atoms with Crippen LogP contribution in [0.2, 0.25) is 0 Å². The average molecular weight is 449 g/mol. The van der Waals surface area contributed by atoms with Gasteiger partial charge in [0.05, 0.1) is 12.2 Å². The van der Waals surface area contributed by atoms with Crippen molar-refractivity contribution in [3.05, 3.63) is 47.7 Å². The van der Waals surface area contributed by atoms with Crippen molar-refractivity contribution in [1.82, 2.24) is 9.88 Å². The Balaban J connectivity index is 1.26. The normalized spacial score (nSPS) is 20.8. The minimum atomic E-state index is -0.473. The molecule has 5 rings (SSSR count). The summed E-state index contributed by atoms with van der Waals surface area (Å²) in [4.78, 5) is 35.1. The monoisotopic (exact) mass is 448 g/mol. The predicted octanol–water partition coefficient (Wildman–Crippen LogP) is 3.89. The smallest absolute Gasteiger partial charge is 0.256 e. The Hall–Kier alpha value is -3.09. The van der Waals surface area contributed by atoms with E-state index in [4.69, 9.17) is 4.74 Å². The molecule has 0 radical (unpaired) electrons. The van der Waals surface area contributed by atoms with Gasteiger partial charge in [0, 0.05) is 37.9 Å². The molecule has 0 saturated carbocycles. The summed E-state index contributed by atoms with van der Waals surface area (Å²) < 4.78 is 5.55. The number of likely N-dealkylation sites (tertiary alicyclic amines) is 1. The second kappa shape index (κ2) is 9.41. The summed E-state index contributed by atoms with van der Waals surface area (Å²) in [7, 11) is 0. The number of anilines is 2. The number of pyridine rings is 1. The first kappa shape index (κ1) is 21.7. The van der Waals surface area contributed by atoms with Crippen molar-refractivity contribution < 1.29 is 14.3 Å². The van der Waals surface area contributed by atoms with Crippen LogP contribution in [-0.4, -0.2) is 54.0 Å². The number of rotatable bonds is 4. The molecule has 0 spiro atoms. The number of nitrogens with zero attached hydrogens (tertiary/aromatic N) is 3. The first-order valence-electron chi connectivity index (χ1n) is 12.2. The fourth-order valence-electron chi connectivity index (χ4n) is 5.04. The van der Waals surface area contributed by atoms with Crippen molar-refractivity contribution in [1.29, 1.82) is 0 Å². The molecule has 2 saturated heterocycles. The fraction of sp³-hybridized carbons (Fsp3) is 0.500. The molecule has 1 unspecified atom stereocenters. The van der Waals surface area contributed by atoms with Crippen LogP contribution in [0.15, 0.2) is 36.5 Å². The standard InChI is InChI=1S/C26H32N4O3/c1-18-9-13-29(14-10-18)24-8-5-20(17-27-24)26(32)30-12-3-2-4-22(30)25(31)28-21-6-7-23-19(16-21)11-15-33-23/h5-8,16-18,22H,2-4,9-15H2,1H3,(H,28,31). The summed E-state index contributed by atoms with van der Waals surface area (Å²) in [6.07, 6.45) is 7.37. The summed E-state index contributed by atoms with van der Waals surface area (Å²) in [5.41, 5.74) is 2.40.